The summed E-state index contributed by atoms with van der Waals surface area (Å²) in [6.45, 7) is 6.31. The minimum Gasteiger partial charge on any atom is -0.492 e. The minimum atomic E-state index is -0.325. The lowest BCUT2D eigenvalue weighted by atomic mass is 10.1. The van der Waals surface area contributed by atoms with Crippen molar-refractivity contribution in [2.45, 2.75) is 39.3 Å². The molecule has 1 aromatic carbocycles. The summed E-state index contributed by atoms with van der Waals surface area (Å²) in [5.74, 6) is 0.696. The second-order valence-electron chi connectivity index (χ2n) is 4.28. The molecule has 0 aromatic heterocycles. The molecule has 1 rings (SSSR count). The molecule has 96 valence electrons. The van der Waals surface area contributed by atoms with Crippen LogP contribution in [-0.2, 0) is 0 Å². The Morgan fingerprint density at radius 3 is 2.71 bits per heavy atom. The Morgan fingerprint density at radius 1 is 1.41 bits per heavy atom. The van der Waals surface area contributed by atoms with E-state index < -0.39 is 0 Å². The van der Waals surface area contributed by atoms with E-state index in [1.165, 1.54) is 0 Å². The fourth-order valence-electron chi connectivity index (χ4n) is 1.79. The molecule has 0 aliphatic heterocycles. The van der Waals surface area contributed by atoms with E-state index in [-0.39, 0.29) is 12.1 Å². The van der Waals surface area contributed by atoms with Gasteiger partial charge in [0.2, 0.25) is 0 Å². The summed E-state index contributed by atoms with van der Waals surface area (Å²) in [7, 11) is 0. The molecule has 4 heteroatoms. The zero-order chi connectivity index (χ0) is 12.8. The van der Waals surface area contributed by atoms with Gasteiger partial charge in [-0.1, -0.05) is 6.07 Å². The lowest BCUT2D eigenvalue weighted by Gasteiger charge is -2.19. The first-order chi connectivity index (χ1) is 8.04. The number of ether oxygens (including phenoxy) is 1. The van der Waals surface area contributed by atoms with Gasteiger partial charge in [-0.2, -0.15) is 0 Å². The summed E-state index contributed by atoms with van der Waals surface area (Å²) in [5.41, 5.74) is 7.47. The van der Waals surface area contributed by atoms with Crippen molar-refractivity contribution in [2.24, 2.45) is 0 Å². The molecular formula is C13H22N2O2. The highest BCUT2D eigenvalue weighted by Crippen LogP contribution is 2.30. The molecule has 0 amide bonds. The Balaban J connectivity index is 2.73. The van der Waals surface area contributed by atoms with Crippen LogP contribution in [0.4, 0.5) is 11.4 Å². The van der Waals surface area contributed by atoms with Crippen LogP contribution in [0.2, 0.25) is 0 Å². The van der Waals surface area contributed by atoms with Crippen LogP contribution < -0.4 is 15.8 Å². The predicted molar refractivity (Wildman–Crippen MR) is 71.4 cm³/mol. The molecule has 0 aliphatic carbocycles. The summed E-state index contributed by atoms with van der Waals surface area (Å²) in [5, 5.41) is 12.6. The van der Waals surface area contributed by atoms with Gasteiger partial charge in [0, 0.05) is 6.04 Å². The summed E-state index contributed by atoms with van der Waals surface area (Å²) in [6.07, 6.45) is 0.354. The number of aliphatic hydroxyl groups is 1. The van der Waals surface area contributed by atoms with Gasteiger partial charge >= 0.3 is 0 Å². The predicted octanol–water partition coefficient (Wildman–Crippen LogP) is 2.24. The Labute approximate surface area is 103 Å². The van der Waals surface area contributed by atoms with E-state index in [1.807, 2.05) is 32.0 Å². The van der Waals surface area contributed by atoms with Crippen LogP contribution >= 0.6 is 0 Å². The molecule has 17 heavy (non-hydrogen) atoms. The maximum atomic E-state index is 9.31. The summed E-state index contributed by atoms with van der Waals surface area (Å²) < 4.78 is 5.43. The van der Waals surface area contributed by atoms with Gasteiger partial charge in [0.25, 0.3) is 0 Å². The van der Waals surface area contributed by atoms with Gasteiger partial charge in [-0.15, -0.1) is 0 Å². The molecule has 2 atom stereocenters. The smallest absolute Gasteiger partial charge is 0.144 e. The molecule has 0 radical (unpaired) electrons. The highest BCUT2D eigenvalue weighted by Gasteiger charge is 2.10. The second-order valence-corrected chi connectivity index (χ2v) is 4.28. The molecule has 0 spiro atoms. The van der Waals surface area contributed by atoms with Gasteiger partial charge in [0.05, 0.1) is 24.1 Å². The van der Waals surface area contributed by atoms with Gasteiger partial charge in [0.15, 0.2) is 0 Å². The zero-order valence-electron chi connectivity index (χ0n) is 10.7. The van der Waals surface area contributed by atoms with Crippen molar-refractivity contribution in [1.29, 1.82) is 0 Å². The number of nitrogens with two attached hydrogens (primary N) is 1. The zero-order valence-corrected chi connectivity index (χ0v) is 10.7. The molecule has 1 aromatic rings. The van der Waals surface area contributed by atoms with Gasteiger partial charge in [-0.25, -0.2) is 0 Å². The van der Waals surface area contributed by atoms with E-state index in [0.29, 0.717) is 24.5 Å². The molecule has 0 aliphatic rings. The SMILES string of the molecule is CCOc1cccc(NC(C)CC(C)O)c1N. The average Bonchev–Trinajstić information content (AvgIpc) is 2.23. The maximum Gasteiger partial charge on any atom is 0.144 e. The van der Waals surface area contributed by atoms with Crippen LogP contribution in [0, 0.1) is 0 Å². The van der Waals surface area contributed by atoms with E-state index in [0.717, 1.165) is 5.69 Å². The molecular weight excluding hydrogens is 216 g/mol. The Bertz CT molecular complexity index is 353. The molecule has 0 saturated heterocycles. The van der Waals surface area contributed by atoms with E-state index in [1.54, 1.807) is 6.92 Å². The summed E-state index contributed by atoms with van der Waals surface area (Å²) in [4.78, 5) is 0. The Morgan fingerprint density at radius 2 is 2.12 bits per heavy atom. The highest BCUT2D eigenvalue weighted by molar-refractivity contribution is 5.73. The van der Waals surface area contributed by atoms with E-state index in [2.05, 4.69) is 5.32 Å². The van der Waals surface area contributed by atoms with Crippen LogP contribution in [0.1, 0.15) is 27.2 Å². The highest BCUT2D eigenvalue weighted by atomic mass is 16.5. The van der Waals surface area contributed by atoms with E-state index >= 15 is 0 Å². The molecule has 4 N–H and O–H groups in total. The van der Waals surface area contributed by atoms with Crippen molar-refractivity contribution in [2.75, 3.05) is 17.7 Å². The number of nitrogen functional groups attached to an aromatic ring is 1. The summed E-state index contributed by atoms with van der Waals surface area (Å²) >= 11 is 0. The van der Waals surface area contributed by atoms with Crippen molar-refractivity contribution < 1.29 is 9.84 Å². The molecule has 0 bridgehead atoms. The number of anilines is 2. The number of nitrogens with one attached hydrogen (secondary N) is 1. The third-order valence-electron chi connectivity index (χ3n) is 2.46. The number of para-hydroxylation sites is 1. The normalized spacial score (nSPS) is 14.1. The molecule has 2 unspecified atom stereocenters. The monoisotopic (exact) mass is 238 g/mol. The first-order valence-electron chi connectivity index (χ1n) is 6.00. The van der Waals surface area contributed by atoms with E-state index in [4.69, 9.17) is 10.5 Å². The fourth-order valence-corrected chi connectivity index (χ4v) is 1.79. The summed E-state index contributed by atoms with van der Waals surface area (Å²) in [6, 6.07) is 5.83. The number of hydrogen-bond donors (Lipinski definition) is 3. The fraction of sp³-hybridized carbons (Fsp3) is 0.538. The molecule has 4 nitrogen and oxygen atoms in total. The van der Waals surface area contributed by atoms with Crippen molar-refractivity contribution >= 4 is 11.4 Å². The van der Waals surface area contributed by atoms with E-state index in [9.17, 15) is 5.11 Å². The first kappa shape index (κ1) is 13.6. The number of hydrogen-bond acceptors (Lipinski definition) is 4. The van der Waals surface area contributed by atoms with Crippen molar-refractivity contribution in [1.82, 2.24) is 0 Å². The molecule has 0 saturated carbocycles. The third kappa shape index (κ3) is 4.15. The largest absolute Gasteiger partial charge is 0.492 e. The van der Waals surface area contributed by atoms with Gasteiger partial charge in [-0.3, -0.25) is 0 Å². The van der Waals surface area contributed by atoms with Gasteiger partial charge < -0.3 is 20.9 Å². The van der Waals surface area contributed by atoms with Crippen molar-refractivity contribution in [3.63, 3.8) is 0 Å². The number of aliphatic hydroxyl groups excluding tert-OH is 1. The van der Waals surface area contributed by atoms with Crippen LogP contribution in [0.3, 0.4) is 0 Å². The Kier molecular flexibility index (Phi) is 5.10. The lowest BCUT2D eigenvalue weighted by Crippen LogP contribution is -2.21. The topological polar surface area (TPSA) is 67.5 Å². The van der Waals surface area contributed by atoms with Crippen LogP contribution in [0.15, 0.2) is 18.2 Å². The second kappa shape index (κ2) is 6.35. The standard InChI is InChI=1S/C13H22N2O2/c1-4-17-12-7-5-6-11(13(12)14)15-9(2)8-10(3)16/h5-7,9-10,15-16H,4,8,14H2,1-3H3. The maximum absolute atomic E-state index is 9.31. The van der Waals surface area contributed by atoms with Crippen molar-refractivity contribution in [3.05, 3.63) is 18.2 Å². The molecule has 0 heterocycles. The Hall–Kier alpha value is -1.42. The minimum absolute atomic E-state index is 0.161. The third-order valence-corrected chi connectivity index (χ3v) is 2.46. The quantitative estimate of drug-likeness (QED) is 0.665. The lowest BCUT2D eigenvalue weighted by molar-refractivity contribution is 0.179. The average molecular weight is 238 g/mol. The molecule has 0 fully saturated rings. The van der Waals surface area contributed by atoms with Gasteiger partial charge in [-0.05, 0) is 39.3 Å². The van der Waals surface area contributed by atoms with Crippen molar-refractivity contribution in [3.8, 4) is 5.75 Å². The van der Waals surface area contributed by atoms with Crippen LogP contribution in [0.5, 0.6) is 5.75 Å². The number of benzene rings is 1. The first-order valence-corrected chi connectivity index (χ1v) is 6.00. The van der Waals surface area contributed by atoms with Gasteiger partial charge in [0.1, 0.15) is 5.75 Å². The van der Waals surface area contributed by atoms with Crippen LogP contribution in [0.25, 0.3) is 0 Å². The van der Waals surface area contributed by atoms with Crippen LogP contribution in [-0.4, -0.2) is 23.9 Å². The number of rotatable bonds is 6.